The maximum Gasteiger partial charge on any atom is 0.154 e. The van der Waals surface area contributed by atoms with Crippen molar-refractivity contribution in [3.05, 3.63) is 0 Å². The van der Waals surface area contributed by atoms with Crippen LogP contribution in [0.4, 0.5) is 0 Å². The monoisotopic (exact) mass is 196 g/mol. The Morgan fingerprint density at radius 3 is 2.57 bits per heavy atom. The first-order chi connectivity index (χ1) is 6.48. The molecule has 1 fully saturated rings. The van der Waals surface area contributed by atoms with E-state index < -0.39 is 0 Å². The SMILES string of the molecule is B[C@@]1(C(C)OC(C)C)CCC(BC)O1. The molecule has 2 nitrogen and oxygen atoms in total. The zero-order valence-corrected chi connectivity index (χ0v) is 10.2. The third kappa shape index (κ3) is 2.77. The highest BCUT2D eigenvalue weighted by Crippen LogP contribution is 2.31. The van der Waals surface area contributed by atoms with Crippen LogP contribution in [0, 0.1) is 0 Å². The first-order valence-electron chi connectivity index (χ1n) is 5.81. The third-order valence-corrected chi connectivity index (χ3v) is 3.19. The van der Waals surface area contributed by atoms with Crippen molar-refractivity contribution in [1.82, 2.24) is 0 Å². The molecule has 1 saturated heterocycles. The fourth-order valence-corrected chi connectivity index (χ4v) is 2.08. The molecule has 0 aromatic carbocycles. The molecule has 0 spiro atoms. The van der Waals surface area contributed by atoms with Gasteiger partial charge in [0.25, 0.3) is 0 Å². The number of hydrogen-bond donors (Lipinski definition) is 0. The van der Waals surface area contributed by atoms with Crippen molar-refractivity contribution < 1.29 is 9.47 Å². The van der Waals surface area contributed by atoms with E-state index >= 15 is 0 Å². The third-order valence-electron chi connectivity index (χ3n) is 3.19. The van der Waals surface area contributed by atoms with E-state index in [0.29, 0.717) is 6.00 Å². The second-order valence-corrected chi connectivity index (χ2v) is 4.83. The number of ether oxygens (including phenoxy) is 2. The largest absolute Gasteiger partial charge is 0.387 e. The summed E-state index contributed by atoms with van der Waals surface area (Å²) in [6, 6.07) is 0.443. The first kappa shape index (κ1) is 12.1. The average Bonchev–Trinajstić information content (AvgIpc) is 2.48. The second-order valence-electron chi connectivity index (χ2n) is 4.83. The first-order valence-corrected chi connectivity index (χ1v) is 5.81. The summed E-state index contributed by atoms with van der Waals surface area (Å²) >= 11 is 0. The van der Waals surface area contributed by atoms with Gasteiger partial charge in [0.05, 0.1) is 17.7 Å². The quantitative estimate of drug-likeness (QED) is 0.617. The predicted molar refractivity (Wildman–Crippen MR) is 64.1 cm³/mol. The molecular formula is C10H22B2O2. The second kappa shape index (κ2) is 4.71. The molecule has 0 bridgehead atoms. The molecule has 1 aliphatic heterocycles. The van der Waals surface area contributed by atoms with Gasteiger partial charge >= 0.3 is 0 Å². The summed E-state index contributed by atoms with van der Waals surface area (Å²) in [5, 5.41) is 0. The van der Waals surface area contributed by atoms with Gasteiger partial charge in [0.1, 0.15) is 7.85 Å². The van der Waals surface area contributed by atoms with Crippen molar-refractivity contribution in [2.24, 2.45) is 0 Å². The Morgan fingerprint density at radius 1 is 1.50 bits per heavy atom. The van der Waals surface area contributed by atoms with Crippen molar-refractivity contribution in [1.29, 1.82) is 0 Å². The Balaban J connectivity index is 2.49. The van der Waals surface area contributed by atoms with E-state index in [2.05, 4.69) is 35.4 Å². The topological polar surface area (TPSA) is 18.5 Å². The molecule has 0 aliphatic carbocycles. The van der Waals surface area contributed by atoms with Crippen molar-refractivity contribution >= 4 is 15.1 Å². The smallest absolute Gasteiger partial charge is 0.154 e. The molecule has 0 amide bonds. The predicted octanol–water partition coefficient (Wildman–Crippen LogP) is 0.750. The molecule has 3 atom stereocenters. The molecule has 0 aromatic heterocycles. The van der Waals surface area contributed by atoms with Gasteiger partial charge in [0.15, 0.2) is 7.28 Å². The zero-order valence-electron chi connectivity index (χ0n) is 10.2. The van der Waals surface area contributed by atoms with Crippen LogP contribution in [-0.2, 0) is 9.47 Å². The van der Waals surface area contributed by atoms with Crippen LogP contribution in [0.5, 0.6) is 0 Å². The van der Waals surface area contributed by atoms with Gasteiger partial charge in [0, 0.05) is 6.00 Å². The fourth-order valence-electron chi connectivity index (χ4n) is 2.08. The lowest BCUT2D eigenvalue weighted by Crippen LogP contribution is -2.44. The van der Waals surface area contributed by atoms with Crippen LogP contribution in [0.15, 0.2) is 0 Å². The Hall–Kier alpha value is 0.0499. The normalized spacial score (nSPS) is 34.8. The van der Waals surface area contributed by atoms with Crippen molar-refractivity contribution in [3.63, 3.8) is 0 Å². The molecule has 4 heteroatoms. The highest BCUT2D eigenvalue weighted by atomic mass is 16.6. The van der Waals surface area contributed by atoms with E-state index in [1.165, 1.54) is 6.42 Å². The standard InChI is InChI=1S/C10H22B2O2/c1-7(2)13-8(3)10(11)6-5-9(12-4)14-10/h7-9,12H,5-6,11H2,1-4H3/t8?,9?,10-/m0/s1. The van der Waals surface area contributed by atoms with Crippen LogP contribution >= 0.6 is 0 Å². The summed E-state index contributed by atoms with van der Waals surface area (Å²) in [5.41, 5.74) is -0.0645. The van der Waals surface area contributed by atoms with Gasteiger partial charge in [-0.05, 0) is 33.6 Å². The molecule has 80 valence electrons. The van der Waals surface area contributed by atoms with Crippen LogP contribution < -0.4 is 0 Å². The maximum absolute atomic E-state index is 6.04. The maximum atomic E-state index is 6.04. The number of hydrogen-bond acceptors (Lipinski definition) is 2. The molecule has 1 aliphatic rings. The van der Waals surface area contributed by atoms with Crippen molar-refractivity contribution in [3.8, 4) is 0 Å². The van der Waals surface area contributed by atoms with Gasteiger partial charge in [-0.1, -0.05) is 6.82 Å². The van der Waals surface area contributed by atoms with E-state index in [4.69, 9.17) is 9.47 Å². The molecule has 0 N–H and O–H groups in total. The Morgan fingerprint density at radius 2 is 2.14 bits per heavy atom. The van der Waals surface area contributed by atoms with Gasteiger partial charge < -0.3 is 9.47 Å². The Labute approximate surface area is 89.4 Å². The van der Waals surface area contributed by atoms with E-state index in [1.807, 2.05) is 0 Å². The molecule has 0 aromatic rings. The van der Waals surface area contributed by atoms with E-state index in [-0.39, 0.29) is 17.7 Å². The van der Waals surface area contributed by atoms with Crippen LogP contribution in [0.1, 0.15) is 33.6 Å². The lowest BCUT2D eigenvalue weighted by atomic mass is 9.72. The average molecular weight is 196 g/mol. The van der Waals surface area contributed by atoms with Crippen LogP contribution in [0.3, 0.4) is 0 Å². The molecular weight excluding hydrogens is 174 g/mol. The molecule has 1 heterocycles. The minimum atomic E-state index is -0.0645. The summed E-state index contributed by atoms with van der Waals surface area (Å²) in [6.07, 6.45) is 2.78. The van der Waals surface area contributed by atoms with Gasteiger partial charge in [-0.3, -0.25) is 0 Å². The summed E-state index contributed by atoms with van der Waals surface area (Å²) < 4.78 is 11.8. The van der Waals surface area contributed by atoms with Crippen LogP contribution in [0.2, 0.25) is 6.82 Å². The summed E-state index contributed by atoms with van der Waals surface area (Å²) in [4.78, 5) is 0. The molecule has 0 saturated carbocycles. The highest BCUT2D eigenvalue weighted by molar-refractivity contribution is 6.35. The minimum Gasteiger partial charge on any atom is -0.387 e. The van der Waals surface area contributed by atoms with Gasteiger partial charge in [-0.25, -0.2) is 0 Å². The molecule has 1 rings (SSSR count). The summed E-state index contributed by atoms with van der Waals surface area (Å²) in [5.74, 6) is 0. The molecule has 2 unspecified atom stereocenters. The summed E-state index contributed by atoms with van der Waals surface area (Å²) in [6.45, 7) is 8.46. The lowest BCUT2D eigenvalue weighted by Gasteiger charge is -2.33. The summed E-state index contributed by atoms with van der Waals surface area (Å²) in [7, 11) is 3.29. The van der Waals surface area contributed by atoms with Crippen LogP contribution in [-0.4, -0.2) is 38.8 Å². The van der Waals surface area contributed by atoms with Gasteiger partial charge in [0.2, 0.25) is 0 Å². The minimum absolute atomic E-state index is 0.0645. The van der Waals surface area contributed by atoms with E-state index in [9.17, 15) is 0 Å². The zero-order chi connectivity index (χ0) is 10.8. The molecule has 0 radical (unpaired) electrons. The Kier molecular flexibility index (Phi) is 4.08. The Bertz CT molecular complexity index is 187. The van der Waals surface area contributed by atoms with Gasteiger partial charge in [-0.2, -0.15) is 0 Å². The lowest BCUT2D eigenvalue weighted by molar-refractivity contribution is -0.0915. The van der Waals surface area contributed by atoms with E-state index in [0.717, 1.165) is 13.7 Å². The van der Waals surface area contributed by atoms with Crippen LogP contribution in [0.25, 0.3) is 0 Å². The van der Waals surface area contributed by atoms with Gasteiger partial charge in [-0.15, -0.1) is 0 Å². The van der Waals surface area contributed by atoms with E-state index in [1.54, 1.807) is 0 Å². The number of rotatable bonds is 4. The van der Waals surface area contributed by atoms with Crippen molar-refractivity contribution in [2.45, 2.75) is 64.1 Å². The fraction of sp³-hybridized carbons (Fsp3) is 1.00. The van der Waals surface area contributed by atoms with Crippen molar-refractivity contribution in [2.75, 3.05) is 0 Å². The highest BCUT2D eigenvalue weighted by Gasteiger charge is 2.40. The molecule has 14 heavy (non-hydrogen) atoms.